The molecule has 0 aromatic heterocycles. The molecule has 2 aromatic rings. The Kier molecular flexibility index (Phi) is 23.0. The number of aryl methyl sites for hydroxylation is 1. The molecule has 2 aliphatic heterocycles. The average molecular weight is 1090 g/mol. The number of ketones is 5. The van der Waals surface area contributed by atoms with E-state index in [0.717, 1.165) is 72.1 Å². The molecule has 1 saturated heterocycles. The molecule has 79 heavy (non-hydrogen) atoms. The van der Waals surface area contributed by atoms with Crippen molar-refractivity contribution in [3.05, 3.63) is 106 Å². The lowest BCUT2D eigenvalue weighted by molar-refractivity contribution is -0.146. The predicted molar refractivity (Wildman–Crippen MR) is 309 cm³/mol. The van der Waals surface area contributed by atoms with Gasteiger partial charge in [-0.1, -0.05) is 87.0 Å². The second-order valence-corrected chi connectivity index (χ2v) is 23.9. The summed E-state index contributed by atoms with van der Waals surface area (Å²) in [5.74, 6) is -0.169. The predicted octanol–water partition coefficient (Wildman–Crippen LogP) is 11.0. The number of rotatable bonds is 31. The number of anilines is 1. The summed E-state index contributed by atoms with van der Waals surface area (Å²) in [6, 6.07) is 16.5. The number of likely N-dealkylation sites (tertiary alicyclic amines) is 1. The third-order valence-electron chi connectivity index (χ3n) is 17.3. The van der Waals surface area contributed by atoms with E-state index < -0.39 is 17.4 Å². The summed E-state index contributed by atoms with van der Waals surface area (Å²) in [5.41, 5.74) is 9.52. The van der Waals surface area contributed by atoms with E-state index in [0.29, 0.717) is 97.2 Å². The highest BCUT2D eigenvalue weighted by Crippen LogP contribution is 2.46. The number of Topliss-reactive ketones (excluding diaryl/α,β-unsaturated/α-hetero) is 5. The topological polar surface area (TPSA) is 155 Å². The molecule has 0 N–H and O–H groups in total. The van der Waals surface area contributed by atoms with Gasteiger partial charge < -0.3 is 33.5 Å². The second-order valence-electron chi connectivity index (χ2n) is 23.9. The number of fused-ring (bicyclic) bond motifs is 1. The highest BCUT2D eigenvalue weighted by molar-refractivity contribution is 6.00. The average Bonchev–Trinajstić information content (AvgIpc) is 4.37. The monoisotopic (exact) mass is 1090 g/mol. The highest BCUT2D eigenvalue weighted by atomic mass is 16.6. The fraction of sp³-hybridized carbons (Fsp3) is 0.606. The molecule has 2 aromatic carbocycles. The molecular weight excluding hydrogens is 997 g/mol. The Morgan fingerprint density at radius 1 is 0.709 bits per heavy atom. The number of benzene rings is 2. The lowest BCUT2D eigenvalue weighted by Crippen LogP contribution is -2.47. The minimum atomic E-state index is -0.567. The van der Waals surface area contributed by atoms with Crippen LogP contribution in [0.2, 0.25) is 0 Å². The zero-order chi connectivity index (χ0) is 56.6. The second kappa shape index (κ2) is 29.5. The molecule has 2 heterocycles. The van der Waals surface area contributed by atoms with Crippen molar-refractivity contribution in [3.8, 4) is 0 Å². The Morgan fingerprint density at radius 3 is 1.95 bits per heavy atom. The van der Waals surface area contributed by atoms with Crippen LogP contribution in [0.5, 0.6) is 0 Å². The Morgan fingerprint density at radius 2 is 1.33 bits per heavy atom. The van der Waals surface area contributed by atoms with Crippen LogP contribution in [0.4, 0.5) is 5.69 Å². The van der Waals surface area contributed by atoms with E-state index in [-0.39, 0.29) is 85.0 Å². The largest absolute Gasteiger partial charge is 0.377 e. The molecule has 5 aliphatic rings. The van der Waals surface area contributed by atoms with Crippen LogP contribution < -0.4 is 4.90 Å². The normalized spacial score (nSPS) is 22.2. The van der Waals surface area contributed by atoms with Gasteiger partial charge in [0, 0.05) is 61.8 Å². The number of carbonyl (C=O) groups excluding carboxylic acids is 6. The third kappa shape index (κ3) is 16.7. The van der Waals surface area contributed by atoms with Crippen LogP contribution in [-0.4, -0.2) is 130 Å². The van der Waals surface area contributed by atoms with Gasteiger partial charge in [-0.05, 0) is 149 Å². The maximum Gasteiger partial charge on any atom is 0.227 e. The van der Waals surface area contributed by atoms with E-state index in [1.807, 2.05) is 46.8 Å². The summed E-state index contributed by atoms with van der Waals surface area (Å²) in [5, 5.41) is 0. The SMILES string of the molecule is CC1=CC(C)=C(CCC(=O)C2c3ccccc3N(C(C)C3CCC(C(=O)COCCOCCOCCOCCOCC(=O)C[C@H](C(=O)N4CCC[C@H]4C(=O)CCc4ccc(C5=C(C)C=CC5)cc4)C(C)(C)C)CC3)C2C)C(=O)C1. The standard InChI is InChI=1S/C66H90N2O11/c1-44-39-46(3)55(62(72)40-44)27-29-61(71)64-48(5)68(58-16-10-9-14-56(58)64)47(4)50-23-25-52(26-24-50)63(73)43-79-38-36-77-34-32-75-31-33-76-35-37-78-42-53(69)41-57(66(6,7)8)65(74)67-30-12-17-59(67)60(70)28-20-49-18-21-51(22-19-49)54-15-11-13-45(54)2/h9-11,13-14,16,18-19,21-22,39,47-48,50,52,57,59,64H,12,15,17,20,23-38,40-43H2,1-8H3/t47?,48?,50?,52?,57-,59+,64?/m1/s1. The molecule has 13 nitrogen and oxygen atoms in total. The van der Waals surface area contributed by atoms with Crippen LogP contribution in [0.15, 0.2) is 89.1 Å². The minimum Gasteiger partial charge on any atom is -0.377 e. The lowest BCUT2D eigenvalue weighted by Gasteiger charge is -2.40. The molecular formula is C66H90N2O11. The van der Waals surface area contributed by atoms with Crippen molar-refractivity contribution in [2.75, 3.05) is 77.5 Å². The fourth-order valence-corrected chi connectivity index (χ4v) is 12.8. The van der Waals surface area contributed by atoms with E-state index in [4.69, 9.17) is 23.7 Å². The summed E-state index contributed by atoms with van der Waals surface area (Å²) in [4.78, 5) is 84.7. The number of allylic oxidation sites excluding steroid dienone is 8. The summed E-state index contributed by atoms with van der Waals surface area (Å²) in [6.07, 6.45) is 14.6. The Hall–Kier alpha value is -5.18. The van der Waals surface area contributed by atoms with E-state index in [1.54, 1.807) is 4.90 Å². The molecule has 5 atom stereocenters. The minimum absolute atomic E-state index is 0.00134. The third-order valence-corrected chi connectivity index (χ3v) is 17.3. The summed E-state index contributed by atoms with van der Waals surface area (Å²) in [7, 11) is 0. The first kappa shape index (κ1) is 61.4. The molecule has 13 heteroatoms. The summed E-state index contributed by atoms with van der Waals surface area (Å²) in [6.45, 7) is 19.6. The maximum atomic E-state index is 14.0. The Bertz CT molecular complexity index is 2580. The number of hydrogen-bond donors (Lipinski definition) is 0. The van der Waals surface area contributed by atoms with Crippen LogP contribution in [0, 0.1) is 23.2 Å². The number of nitrogens with zero attached hydrogens (tertiary/aromatic N) is 2. The van der Waals surface area contributed by atoms with Crippen LogP contribution in [0.1, 0.15) is 155 Å². The quantitative estimate of drug-likeness (QED) is 0.0660. The van der Waals surface area contributed by atoms with Gasteiger partial charge in [0.2, 0.25) is 5.91 Å². The van der Waals surface area contributed by atoms with E-state index in [2.05, 4.69) is 80.3 Å². The van der Waals surface area contributed by atoms with Gasteiger partial charge in [0.1, 0.15) is 19.0 Å². The Balaban J connectivity index is 0.693. The molecule has 0 spiro atoms. The van der Waals surface area contributed by atoms with Gasteiger partial charge in [-0.3, -0.25) is 28.8 Å². The smallest absolute Gasteiger partial charge is 0.227 e. The molecule has 7 rings (SSSR count). The first-order valence-electron chi connectivity index (χ1n) is 29.4. The van der Waals surface area contributed by atoms with E-state index in [9.17, 15) is 28.8 Å². The van der Waals surface area contributed by atoms with Gasteiger partial charge in [0.05, 0.1) is 64.8 Å². The Labute approximate surface area is 470 Å². The van der Waals surface area contributed by atoms with Gasteiger partial charge in [0.15, 0.2) is 23.1 Å². The van der Waals surface area contributed by atoms with Crippen LogP contribution in [-0.2, 0) is 58.9 Å². The number of hydrogen-bond acceptors (Lipinski definition) is 12. The number of ether oxygens (including phenoxy) is 5. The zero-order valence-corrected chi connectivity index (χ0v) is 48.7. The van der Waals surface area contributed by atoms with E-state index in [1.165, 1.54) is 16.7 Å². The van der Waals surface area contributed by atoms with Crippen LogP contribution in [0.25, 0.3) is 5.57 Å². The molecule has 1 amide bonds. The van der Waals surface area contributed by atoms with Crippen LogP contribution in [0.3, 0.4) is 0 Å². The molecule has 3 aliphatic carbocycles. The first-order valence-corrected chi connectivity index (χ1v) is 29.4. The van der Waals surface area contributed by atoms with Crippen molar-refractivity contribution < 1.29 is 52.5 Å². The summed E-state index contributed by atoms with van der Waals surface area (Å²) < 4.78 is 28.3. The van der Waals surface area contributed by atoms with Crippen LogP contribution >= 0.6 is 0 Å². The maximum absolute atomic E-state index is 14.0. The van der Waals surface area contributed by atoms with Gasteiger partial charge in [-0.25, -0.2) is 0 Å². The lowest BCUT2D eigenvalue weighted by atomic mass is 9.76. The molecule has 430 valence electrons. The van der Waals surface area contributed by atoms with Crippen molar-refractivity contribution in [2.24, 2.45) is 23.2 Å². The number of amides is 1. The highest BCUT2D eigenvalue weighted by Gasteiger charge is 2.44. The van der Waals surface area contributed by atoms with Crippen molar-refractivity contribution in [2.45, 2.75) is 163 Å². The molecule has 2 fully saturated rings. The van der Waals surface area contributed by atoms with E-state index >= 15 is 0 Å². The van der Waals surface area contributed by atoms with Gasteiger partial charge in [0.25, 0.3) is 0 Å². The number of carbonyl (C=O) groups is 6. The summed E-state index contributed by atoms with van der Waals surface area (Å²) >= 11 is 0. The van der Waals surface area contributed by atoms with Gasteiger partial charge in [-0.15, -0.1) is 0 Å². The molecule has 1 saturated carbocycles. The van der Waals surface area contributed by atoms with Crippen molar-refractivity contribution in [1.29, 1.82) is 0 Å². The fourth-order valence-electron chi connectivity index (χ4n) is 12.8. The first-order chi connectivity index (χ1) is 37.9. The van der Waals surface area contributed by atoms with Gasteiger partial charge >= 0.3 is 0 Å². The van der Waals surface area contributed by atoms with Crippen molar-refractivity contribution in [1.82, 2.24) is 4.90 Å². The zero-order valence-electron chi connectivity index (χ0n) is 48.7. The molecule has 0 bridgehead atoms. The van der Waals surface area contributed by atoms with Crippen molar-refractivity contribution >= 4 is 46.1 Å². The molecule has 0 radical (unpaired) electrons. The number of para-hydroxylation sites is 1. The van der Waals surface area contributed by atoms with Crippen molar-refractivity contribution in [3.63, 3.8) is 0 Å². The molecule has 3 unspecified atom stereocenters. The van der Waals surface area contributed by atoms with Gasteiger partial charge in [-0.2, -0.15) is 0 Å².